The number of hydrogen-bond donors (Lipinski definition) is 2. The normalized spacial score (nSPS) is 10.4. The fraction of sp³-hybridized carbons (Fsp3) is 0.333. The van der Waals surface area contributed by atoms with Gasteiger partial charge in [0.2, 0.25) is 0 Å². The van der Waals surface area contributed by atoms with Gasteiger partial charge in [-0.3, -0.25) is 10.1 Å². The smallest absolute Gasteiger partial charge is 0.259 e. The Morgan fingerprint density at radius 1 is 1.30 bits per heavy atom. The van der Waals surface area contributed by atoms with Crippen LogP contribution in [0, 0.1) is 20.8 Å². The van der Waals surface area contributed by atoms with Gasteiger partial charge in [0.1, 0.15) is 0 Å². The molecule has 0 aliphatic carbocycles. The quantitative estimate of drug-likeness (QED) is 0.901. The number of benzene rings is 1. The summed E-state index contributed by atoms with van der Waals surface area (Å²) in [6, 6.07) is 5.76. The molecule has 0 fully saturated rings. The molecule has 106 valence electrons. The maximum absolute atomic E-state index is 12.4. The van der Waals surface area contributed by atoms with E-state index in [1.807, 2.05) is 45.9 Å². The first kappa shape index (κ1) is 14.5. The summed E-state index contributed by atoms with van der Waals surface area (Å²) in [6.45, 7) is 8.74. The molecule has 0 bridgehead atoms. The number of carbonyl (C=O) groups excluding carboxylic acids is 1. The minimum absolute atomic E-state index is 0.130. The van der Waals surface area contributed by atoms with Gasteiger partial charge in [0.05, 0.1) is 11.3 Å². The molecule has 1 aromatic carbocycles. The standard InChI is InChI=1S/C15H19N3OS/c1-5-16-13-8-9(2)6-7-12(13)14(19)18-15-17-10(3)11(4)20-15/h6-8,16H,5H2,1-4H3,(H,17,18,19). The third-order valence-corrected chi connectivity index (χ3v) is 4.02. The number of nitrogens with zero attached hydrogens (tertiary/aromatic N) is 1. The highest BCUT2D eigenvalue weighted by molar-refractivity contribution is 7.15. The van der Waals surface area contributed by atoms with Crippen LogP contribution in [0.2, 0.25) is 0 Å². The molecule has 20 heavy (non-hydrogen) atoms. The van der Waals surface area contributed by atoms with Crippen molar-refractivity contribution in [2.75, 3.05) is 17.2 Å². The first-order valence-corrected chi connectivity index (χ1v) is 7.42. The minimum atomic E-state index is -0.130. The minimum Gasteiger partial charge on any atom is -0.385 e. The number of anilines is 2. The van der Waals surface area contributed by atoms with E-state index in [-0.39, 0.29) is 5.91 Å². The number of amides is 1. The van der Waals surface area contributed by atoms with Gasteiger partial charge in [-0.2, -0.15) is 0 Å². The molecule has 1 amide bonds. The summed E-state index contributed by atoms with van der Waals surface area (Å²) in [5, 5.41) is 6.74. The fourth-order valence-electron chi connectivity index (χ4n) is 1.88. The Hall–Kier alpha value is -1.88. The zero-order valence-corrected chi connectivity index (χ0v) is 13.0. The third kappa shape index (κ3) is 3.17. The first-order valence-electron chi connectivity index (χ1n) is 6.61. The van der Waals surface area contributed by atoms with Crippen molar-refractivity contribution in [2.24, 2.45) is 0 Å². The lowest BCUT2D eigenvalue weighted by molar-refractivity contribution is 0.102. The van der Waals surface area contributed by atoms with E-state index < -0.39 is 0 Å². The number of hydrogen-bond acceptors (Lipinski definition) is 4. The Labute approximate surface area is 123 Å². The highest BCUT2D eigenvalue weighted by atomic mass is 32.1. The third-order valence-electron chi connectivity index (χ3n) is 3.04. The molecular formula is C15H19N3OS. The number of aromatic nitrogens is 1. The molecule has 0 unspecified atom stereocenters. The van der Waals surface area contributed by atoms with E-state index in [1.54, 1.807) is 0 Å². The molecule has 4 nitrogen and oxygen atoms in total. The van der Waals surface area contributed by atoms with Gasteiger partial charge >= 0.3 is 0 Å². The predicted molar refractivity (Wildman–Crippen MR) is 84.9 cm³/mol. The van der Waals surface area contributed by atoms with Crippen LogP contribution in [0.4, 0.5) is 10.8 Å². The van der Waals surface area contributed by atoms with E-state index >= 15 is 0 Å². The predicted octanol–water partition coefficient (Wildman–Crippen LogP) is 3.75. The maximum Gasteiger partial charge on any atom is 0.259 e. The second-order valence-electron chi connectivity index (χ2n) is 4.69. The Kier molecular flexibility index (Phi) is 4.39. The number of nitrogens with one attached hydrogen (secondary N) is 2. The van der Waals surface area contributed by atoms with Crippen LogP contribution in [0.1, 0.15) is 33.4 Å². The second kappa shape index (κ2) is 6.05. The second-order valence-corrected chi connectivity index (χ2v) is 5.90. The molecule has 0 aliphatic rings. The van der Waals surface area contributed by atoms with Gasteiger partial charge in [-0.05, 0) is 45.4 Å². The van der Waals surface area contributed by atoms with Gasteiger partial charge in [-0.1, -0.05) is 6.07 Å². The topological polar surface area (TPSA) is 54.0 Å². The number of aryl methyl sites for hydroxylation is 3. The van der Waals surface area contributed by atoms with Crippen LogP contribution in [0.5, 0.6) is 0 Å². The lowest BCUT2D eigenvalue weighted by Crippen LogP contribution is -2.14. The molecule has 0 saturated carbocycles. The van der Waals surface area contributed by atoms with Crippen LogP contribution in [0.3, 0.4) is 0 Å². The molecule has 1 aromatic heterocycles. The lowest BCUT2D eigenvalue weighted by atomic mass is 10.1. The lowest BCUT2D eigenvalue weighted by Gasteiger charge is -2.11. The van der Waals surface area contributed by atoms with Crippen molar-refractivity contribution < 1.29 is 4.79 Å². The van der Waals surface area contributed by atoms with E-state index in [2.05, 4.69) is 15.6 Å². The summed E-state index contributed by atoms with van der Waals surface area (Å²) < 4.78 is 0. The fourth-order valence-corrected chi connectivity index (χ4v) is 2.69. The maximum atomic E-state index is 12.4. The average molecular weight is 289 g/mol. The van der Waals surface area contributed by atoms with Crippen molar-refractivity contribution in [3.63, 3.8) is 0 Å². The zero-order valence-electron chi connectivity index (χ0n) is 12.2. The van der Waals surface area contributed by atoms with Gasteiger partial charge in [0.25, 0.3) is 5.91 Å². The summed E-state index contributed by atoms with van der Waals surface area (Å²) >= 11 is 1.50. The molecule has 0 spiro atoms. The van der Waals surface area contributed by atoms with Crippen molar-refractivity contribution >= 4 is 28.1 Å². The van der Waals surface area contributed by atoms with Crippen molar-refractivity contribution in [2.45, 2.75) is 27.7 Å². The largest absolute Gasteiger partial charge is 0.385 e. The summed E-state index contributed by atoms with van der Waals surface area (Å²) in [5.41, 5.74) is 3.58. The molecule has 1 heterocycles. The SMILES string of the molecule is CCNc1cc(C)ccc1C(=O)Nc1nc(C)c(C)s1. The van der Waals surface area contributed by atoms with Crippen LogP contribution >= 0.6 is 11.3 Å². The number of carbonyl (C=O) groups is 1. The summed E-state index contributed by atoms with van der Waals surface area (Å²) in [4.78, 5) is 17.8. The Morgan fingerprint density at radius 2 is 2.05 bits per heavy atom. The first-order chi connectivity index (χ1) is 9.51. The van der Waals surface area contributed by atoms with Crippen LogP contribution in [0.25, 0.3) is 0 Å². The summed E-state index contributed by atoms with van der Waals surface area (Å²) in [5.74, 6) is -0.130. The van der Waals surface area contributed by atoms with E-state index in [4.69, 9.17) is 0 Å². The Balaban J connectivity index is 2.24. The van der Waals surface area contributed by atoms with E-state index in [1.165, 1.54) is 11.3 Å². The molecule has 2 aromatic rings. The van der Waals surface area contributed by atoms with E-state index in [9.17, 15) is 4.79 Å². The monoisotopic (exact) mass is 289 g/mol. The van der Waals surface area contributed by atoms with E-state index in [0.29, 0.717) is 10.7 Å². The van der Waals surface area contributed by atoms with Crippen molar-refractivity contribution in [1.82, 2.24) is 4.98 Å². The average Bonchev–Trinajstić information content (AvgIpc) is 2.68. The van der Waals surface area contributed by atoms with Gasteiger partial charge in [-0.15, -0.1) is 11.3 Å². The summed E-state index contributed by atoms with van der Waals surface area (Å²) in [7, 11) is 0. The van der Waals surface area contributed by atoms with Crippen molar-refractivity contribution in [3.8, 4) is 0 Å². The highest BCUT2D eigenvalue weighted by Gasteiger charge is 2.13. The summed E-state index contributed by atoms with van der Waals surface area (Å²) in [6.07, 6.45) is 0. The molecule has 0 aliphatic heterocycles. The zero-order chi connectivity index (χ0) is 14.7. The van der Waals surface area contributed by atoms with Crippen LogP contribution in [0.15, 0.2) is 18.2 Å². The number of rotatable bonds is 4. The molecule has 2 rings (SSSR count). The van der Waals surface area contributed by atoms with Crippen LogP contribution in [-0.4, -0.2) is 17.4 Å². The van der Waals surface area contributed by atoms with Gasteiger partial charge in [0, 0.05) is 17.1 Å². The molecule has 0 radical (unpaired) electrons. The van der Waals surface area contributed by atoms with Gasteiger partial charge < -0.3 is 5.32 Å². The van der Waals surface area contributed by atoms with E-state index in [0.717, 1.165) is 28.4 Å². The van der Waals surface area contributed by atoms with Crippen LogP contribution < -0.4 is 10.6 Å². The Bertz CT molecular complexity index is 615. The molecule has 2 N–H and O–H groups in total. The highest BCUT2D eigenvalue weighted by Crippen LogP contribution is 2.23. The van der Waals surface area contributed by atoms with Crippen LogP contribution in [-0.2, 0) is 0 Å². The van der Waals surface area contributed by atoms with Gasteiger partial charge in [0.15, 0.2) is 5.13 Å². The van der Waals surface area contributed by atoms with Gasteiger partial charge in [-0.25, -0.2) is 4.98 Å². The Morgan fingerprint density at radius 3 is 2.65 bits per heavy atom. The van der Waals surface area contributed by atoms with Crippen molar-refractivity contribution in [1.29, 1.82) is 0 Å². The molecule has 0 atom stereocenters. The molecular weight excluding hydrogens is 270 g/mol. The molecule has 5 heteroatoms. The number of thiazole rings is 1. The van der Waals surface area contributed by atoms with Crippen molar-refractivity contribution in [3.05, 3.63) is 39.9 Å². The molecule has 0 saturated heterocycles.